The van der Waals surface area contributed by atoms with Crippen molar-refractivity contribution in [1.82, 2.24) is 9.97 Å². The molecule has 0 atom stereocenters. The number of hydrogen-bond donors (Lipinski definition) is 2. The molecule has 2 aromatic rings. The molecule has 21 heavy (non-hydrogen) atoms. The number of nitrogens with one attached hydrogen (secondary N) is 2. The molecule has 1 aromatic heterocycles. The summed E-state index contributed by atoms with van der Waals surface area (Å²) in [6.07, 6.45) is 0.623. The molecule has 4 nitrogen and oxygen atoms in total. The van der Waals surface area contributed by atoms with Gasteiger partial charge in [0.05, 0.1) is 11.0 Å². The molecular formula is C16H19ClN4. The molecule has 1 aromatic carbocycles. The van der Waals surface area contributed by atoms with E-state index in [0.29, 0.717) is 11.4 Å². The zero-order valence-corrected chi connectivity index (χ0v) is 13.3. The van der Waals surface area contributed by atoms with Crippen LogP contribution in [0.4, 0.5) is 11.6 Å². The Morgan fingerprint density at radius 1 is 1.05 bits per heavy atom. The maximum atomic E-state index is 6.30. The Kier molecular flexibility index (Phi) is 5.24. The number of rotatable bonds is 5. The van der Waals surface area contributed by atoms with Crippen LogP contribution >= 0.6 is 11.6 Å². The van der Waals surface area contributed by atoms with E-state index in [-0.39, 0.29) is 0 Å². The number of anilines is 2. The molecule has 5 heteroatoms. The minimum atomic E-state index is 0.623. The monoisotopic (exact) mass is 302 g/mol. The summed E-state index contributed by atoms with van der Waals surface area (Å²) < 4.78 is 0. The van der Waals surface area contributed by atoms with Gasteiger partial charge in [-0.2, -0.15) is 0 Å². The average molecular weight is 303 g/mol. The molecular weight excluding hydrogens is 284 g/mol. The number of halogens is 1. The molecule has 0 fully saturated rings. The normalized spacial score (nSPS) is 10.1. The molecule has 110 valence electrons. The van der Waals surface area contributed by atoms with Crippen molar-refractivity contribution in [3.8, 4) is 11.8 Å². The van der Waals surface area contributed by atoms with Gasteiger partial charge >= 0.3 is 0 Å². The highest BCUT2D eigenvalue weighted by Crippen LogP contribution is 2.26. The zero-order chi connectivity index (χ0) is 15.2. The van der Waals surface area contributed by atoms with E-state index in [0.717, 1.165) is 41.3 Å². The third kappa shape index (κ3) is 3.56. The van der Waals surface area contributed by atoms with Crippen molar-refractivity contribution in [1.29, 1.82) is 0 Å². The van der Waals surface area contributed by atoms with Crippen molar-refractivity contribution in [3.05, 3.63) is 22.7 Å². The second-order valence-electron chi connectivity index (χ2n) is 4.52. The summed E-state index contributed by atoms with van der Waals surface area (Å²) in [5, 5.41) is 7.13. The van der Waals surface area contributed by atoms with Gasteiger partial charge in [-0.1, -0.05) is 17.5 Å². The van der Waals surface area contributed by atoms with E-state index < -0.39 is 0 Å². The van der Waals surface area contributed by atoms with Gasteiger partial charge in [-0.25, -0.2) is 9.97 Å². The standard InChI is InChI=1S/C16H19ClN4/c1-4-7-8-11-9-13-14(10-12(11)17)21-16(19-6-3)15(20-13)18-5-2/h9-10H,5-6,8H2,1-3H3,(H,18,20)(H,19,21). The van der Waals surface area contributed by atoms with Gasteiger partial charge in [0.1, 0.15) is 0 Å². The summed E-state index contributed by atoms with van der Waals surface area (Å²) in [4.78, 5) is 9.26. The largest absolute Gasteiger partial charge is 0.367 e. The molecule has 0 aliphatic heterocycles. The first-order chi connectivity index (χ1) is 10.2. The lowest BCUT2D eigenvalue weighted by atomic mass is 10.1. The molecule has 2 N–H and O–H groups in total. The number of benzene rings is 1. The summed E-state index contributed by atoms with van der Waals surface area (Å²) >= 11 is 6.30. The lowest BCUT2D eigenvalue weighted by Crippen LogP contribution is -2.08. The first-order valence-electron chi connectivity index (χ1n) is 7.07. The molecule has 1 heterocycles. The molecule has 0 unspecified atom stereocenters. The summed E-state index contributed by atoms with van der Waals surface area (Å²) in [6, 6.07) is 3.82. The molecule has 0 aliphatic carbocycles. The SMILES string of the molecule is CC#CCc1cc2nc(NCC)c(NCC)nc2cc1Cl. The van der Waals surface area contributed by atoms with Crippen molar-refractivity contribution >= 4 is 34.3 Å². The summed E-state index contributed by atoms with van der Waals surface area (Å²) in [5.41, 5.74) is 2.59. The smallest absolute Gasteiger partial charge is 0.169 e. The molecule has 0 saturated heterocycles. The van der Waals surface area contributed by atoms with Crippen LogP contribution in [0.25, 0.3) is 11.0 Å². The number of fused-ring (bicyclic) bond motifs is 1. The van der Waals surface area contributed by atoms with E-state index in [1.807, 2.05) is 32.9 Å². The fourth-order valence-corrected chi connectivity index (χ4v) is 2.25. The maximum Gasteiger partial charge on any atom is 0.169 e. The number of nitrogens with zero attached hydrogens (tertiary/aromatic N) is 2. The molecule has 0 amide bonds. The van der Waals surface area contributed by atoms with Gasteiger partial charge in [0, 0.05) is 24.5 Å². The second kappa shape index (κ2) is 7.14. The van der Waals surface area contributed by atoms with Gasteiger partial charge in [-0.3, -0.25) is 0 Å². The average Bonchev–Trinajstić information content (AvgIpc) is 2.47. The Morgan fingerprint density at radius 3 is 2.14 bits per heavy atom. The van der Waals surface area contributed by atoms with Gasteiger partial charge in [-0.05, 0) is 38.5 Å². The highest BCUT2D eigenvalue weighted by molar-refractivity contribution is 6.32. The Bertz CT molecular complexity index is 701. The van der Waals surface area contributed by atoms with E-state index >= 15 is 0 Å². The maximum absolute atomic E-state index is 6.30. The first kappa shape index (κ1) is 15.4. The third-order valence-electron chi connectivity index (χ3n) is 2.98. The summed E-state index contributed by atoms with van der Waals surface area (Å²) in [5.74, 6) is 7.43. The van der Waals surface area contributed by atoms with Crippen molar-refractivity contribution in [3.63, 3.8) is 0 Å². The van der Waals surface area contributed by atoms with Crippen molar-refractivity contribution in [2.75, 3.05) is 23.7 Å². The van der Waals surface area contributed by atoms with Gasteiger partial charge in [-0.15, -0.1) is 5.92 Å². The molecule has 2 rings (SSSR count). The van der Waals surface area contributed by atoms with Crippen LogP contribution in [0.15, 0.2) is 12.1 Å². The van der Waals surface area contributed by atoms with E-state index in [9.17, 15) is 0 Å². The molecule has 0 spiro atoms. The van der Waals surface area contributed by atoms with Gasteiger partial charge in [0.25, 0.3) is 0 Å². The Hall–Kier alpha value is -1.99. The van der Waals surface area contributed by atoms with Crippen LogP contribution in [-0.2, 0) is 6.42 Å². The Morgan fingerprint density at radius 2 is 1.62 bits per heavy atom. The third-order valence-corrected chi connectivity index (χ3v) is 3.33. The summed E-state index contributed by atoms with van der Waals surface area (Å²) in [7, 11) is 0. The molecule has 0 radical (unpaired) electrons. The highest BCUT2D eigenvalue weighted by atomic mass is 35.5. The van der Waals surface area contributed by atoms with E-state index in [1.165, 1.54) is 0 Å². The van der Waals surface area contributed by atoms with Crippen LogP contribution in [0.3, 0.4) is 0 Å². The van der Waals surface area contributed by atoms with Crippen molar-refractivity contribution in [2.24, 2.45) is 0 Å². The van der Waals surface area contributed by atoms with Gasteiger partial charge in [0.15, 0.2) is 11.6 Å². The topological polar surface area (TPSA) is 49.8 Å². The minimum absolute atomic E-state index is 0.623. The first-order valence-corrected chi connectivity index (χ1v) is 7.44. The van der Waals surface area contributed by atoms with Crippen LogP contribution < -0.4 is 10.6 Å². The molecule has 0 saturated carbocycles. The lowest BCUT2D eigenvalue weighted by molar-refractivity contribution is 1.11. The van der Waals surface area contributed by atoms with Crippen molar-refractivity contribution in [2.45, 2.75) is 27.2 Å². The number of hydrogen-bond acceptors (Lipinski definition) is 4. The van der Waals surface area contributed by atoms with Crippen LogP contribution in [0.2, 0.25) is 5.02 Å². The lowest BCUT2D eigenvalue weighted by Gasteiger charge is -2.12. The Labute approximate surface area is 130 Å². The van der Waals surface area contributed by atoms with Crippen LogP contribution in [0, 0.1) is 11.8 Å². The van der Waals surface area contributed by atoms with Crippen LogP contribution in [0.1, 0.15) is 26.3 Å². The second-order valence-corrected chi connectivity index (χ2v) is 4.92. The predicted molar refractivity (Wildman–Crippen MR) is 90.0 cm³/mol. The predicted octanol–water partition coefficient (Wildman–Crippen LogP) is 3.71. The molecule has 0 bridgehead atoms. The highest BCUT2D eigenvalue weighted by Gasteiger charge is 2.10. The zero-order valence-electron chi connectivity index (χ0n) is 12.5. The van der Waals surface area contributed by atoms with Gasteiger partial charge < -0.3 is 10.6 Å². The van der Waals surface area contributed by atoms with Gasteiger partial charge in [0.2, 0.25) is 0 Å². The number of aromatic nitrogens is 2. The fourth-order valence-electron chi connectivity index (χ4n) is 2.02. The Balaban J connectivity index is 2.54. The van der Waals surface area contributed by atoms with E-state index in [1.54, 1.807) is 0 Å². The minimum Gasteiger partial charge on any atom is -0.367 e. The molecule has 0 aliphatic rings. The van der Waals surface area contributed by atoms with Crippen LogP contribution in [0.5, 0.6) is 0 Å². The summed E-state index contributed by atoms with van der Waals surface area (Å²) in [6.45, 7) is 7.46. The van der Waals surface area contributed by atoms with E-state index in [2.05, 4.69) is 32.4 Å². The van der Waals surface area contributed by atoms with Crippen LogP contribution in [-0.4, -0.2) is 23.1 Å². The van der Waals surface area contributed by atoms with E-state index in [4.69, 9.17) is 11.6 Å². The van der Waals surface area contributed by atoms with Crippen molar-refractivity contribution < 1.29 is 0 Å². The fraction of sp³-hybridized carbons (Fsp3) is 0.375. The quantitative estimate of drug-likeness (QED) is 0.827.